The third-order valence-corrected chi connectivity index (χ3v) is 7.67. The number of pyridine rings is 2. The summed E-state index contributed by atoms with van der Waals surface area (Å²) in [5.74, 6) is -0.763. The van der Waals surface area contributed by atoms with Crippen molar-refractivity contribution in [2.24, 2.45) is 0 Å². The molecule has 6 rings (SSSR count). The maximum atomic E-state index is 14.7. The minimum atomic E-state index is -1.86. The van der Waals surface area contributed by atoms with Crippen LogP contribution in [0.25, 0.3) is 22.3 Å². The van der Waals surface area contributed by atoms with Gasteiger partial charge in [0.2, 0.25) is 0 Å². The SMILES string of the molecule is CC[C@@]1(O)C(=O)OCc2c1cc1n(c2=O)Cc2c-1nc1cc(F)c(C)c3c1c2C(C)CC3. The molecule has 6 nitrogen and oxygen atoms in total. The summed E-state index contributed by atoms with van der Waals surface area (Å²) in [6.45, 7) is 5.87. The van der Waals surface area contributed by atoms with Crippen LogP contribution in [0.4, 0.5) is 4.39 Å². The Labute approximate surface area is 183 Å². The number of rotatable bonds is 1. The first-order valence-electron chi connectivity index (χ1n) is 11.1. The van der Waals surface area contributed by atoms with Gasteiger partial charge in [-0.3, -0.25) is 4.79 Å². The van der Waals surface area contributed by atoms with Crippen LogP contribution in [0.3, 0.4) is 0 Å². The highest BCUT2D eigenvalue weighted by atomic mass is 19.1. The minimum Gasteiger partial charge on any atom is -0.458 e. The summed E-state index contributed by atoms with van der Waals surface area (Å²) >= 11 is 0. The molecule has 2 atom stereocenters. The number of ether oxygens (including phenoxy) is 1. The van der Waals surface area contributed by atoms with Crippen LogP contribution >= 0.6 is 0 Å². The van der Waals surface area contributed by atoms with Gasteiger partial charge >= 0.3 is 5.97 Å². The van der Waals surface area contributed by atoms with Gasteiger partial charge in [0.15, 0.2) is 5.60 Å². The number of carbonyl (C=O) groups excluding carboxylic acids is 1. The van der Waals surface area contributed by atoms with Crippen molar-refractivity contribution in [3.8, 4) is 11.4 Å². The van der Waals surface area contributed by atoms with Crippen molar-refractivity contribution in [1.82, 2.24) is 9.55 Å². The molecule has 2 aliphatic heterocycles. The molecule has 0 radical (unpaired) electrons. The number of fused-ring (bicyclic) bond motifs is 5. The summed E-state index contributed by atoms with van der Waals surface area (Å²) in [7, 11) is 0. The molecule has 0 saturated heterocycles. The molecule has 7 heteroatoms. The van der Waals surface area contributed by atoms with Gasteiger partial charge in [0, 0.05) is 22.6 Å². The first-order valence-corrected chi connectivity index (χ1v) is 11.1. The molecule has 0 saturated carbocycles. The van der Waals surface area contributed by atoms with Gasteiger partial charge in [-0.25, -0.2) is 14.2 Å². The highest BCUT2D eigenvalue weighted by Gasteiger charge is 2.45. The molecule has 1 N–H and O–H groups in total. The molecule has 3 aliphatic rings. The third-order valence-electron chi connectivity index (χ3n) is 7.67. The van der Waals surface area contributed by atoms with E-state index in [2.05, 4.69) is 6.92 Å². The molecule has 32 heavy (non-hydrogen) atoms. The van der Waals surface area contributed by atoms with E-state index in [1.54, 1.807) is 17.6 Å². The number of carbonyl (C=O) groups is 1. The predicted octanol–water partition coefficient (Wildman–Crippen LogP) is 3.58. The van der Waals surface area contributed by atoms with Gasteiger partial charge in [-0.2, -0.15) is 0 Å². The number of aryl methyl sites for hydroxylation is 1. The monoisotopic (exact) mass is 434 g/mol. The number of aromatic nitrogens is 2. The van der Waals surface area contributed by atoms with Crippen molar-refractivity contribution >= 4 is 16.9 Å². The molecular weight excluding hydrogens is 411 g/mol. The van der Waals surface area contributed by atoms with Crippen LogP contribution < -0.4 is 5.56 Å². The van der Waals surface area contributed by atoms with E-state index in [0.29, 0.717) is 40.1 Å². The number of benzene rings is 1. The summed E-state index contributed by atoms with van der Waals surface area (Å²) in [5, 5.41) is 12.0. The fourth-order valence-electron chi connectivity index (χ4n) is 5.79. The van der Waals surface area contributed by atoms with E-state index in [9.17, 15) is 19.1 Å². The van der Waals surface area contributed by atoms with Crippen LogP contribution in [-0.2, 0) is 34.7 Å². The van der Waals surface area contributed by atoms with E-state index in [0.717, 1.165) is 34.9 Å². The zero-order valence-corrected chi connectivity index (χ0v) is 18.2. The number of aliphatic hydroxyl groups is 1. The van der Waals surface area contributed by atoms with Crippen LogP contribution in [-0.4, -0.2) is 20.6 Å². The summed E-state index contributed by atoms with van der Waals surface area (Å²) in [5.41, 5.74) is 4.02. The Morgan fingerprint density at radius 3 is 2.81 bits per heavy atom. The number of nitrogens with zero attached hydrogens (tertiary/aromatic N) is 2. The molecule has 1 aromatic carbocycles. The zero-order chi connectivity index (χ0) is 22.5. The second kappa shape index (κ2) is 6.25. The maximum Gasteiger partial charge on any atom is 0.343 e. The van der Waals surface area contributed by atoms with Gasteiger partial charge in [-0.05, 0) is 54.9 Å². The quantitative estimate of drug-likeness (QED) is 0.463. The lowest BCUT2D eigenvalue weighted by Gasteiger charge is -2.31. The van der Waals surface area contributed by atoms with Gasteiger partial charge in [-0.15, -0.1) is 0 Å². The molecule has 0 amide bonds. The molecule has 0 spiro atoms. The summed E-state index contributed by atoms with van der Waals surface area (Å²) in [6.07, 6.45) is 1.80. The molecule has 2 aromatic heterocycles. The Hall–Kier alpha value is -3.06. The first-order chi connectivity index (χ1) is 15.3. The third kappa shape index (κ3) is 2.24. The molecule has 3 aromatic rings. The van der Waals surface area contributed by atoms with Crippen molar-refractivity contribution in [3.05, 3.63) is 61.7 Å². The second-order valence-electron chi connectivity index (χ2n) is 9.25. The Morgan fingerprint density at radius 2 is 2.06 bits per heavy atom. The Balaban J connectivity index is 1.70. The van der Waals surface area contributed by atoms with E-state index < -0.39 is 11.6 Å². The average molecular weight is 434 g/mol. The highest BCUT2D eigenvalue weighted by molar-refractivity contribution is 5.93. The van der Waals surface area contributed by atoms with Crippen molar-refractivity contribution in [2.75, 3.05) is 0 Å². The van der Waals surface area contributed by atoms with Crippen LogP contribution in [0.15, 0.2) is 16.9 Å². The topological polar surface area (TPSA) is 81.4 Å². The van der Waals surface area contributed by atoms with Gasteiger partial charge in [0.05, 0.1) is 29.0 Å². The van der Waals surface area contributed by atoms with E-state index in [1.807, 2.05) is 6.92 Å². The standard InChI is InChI=1S/C25H23FN2O4/c1-4-25(31)16-7-19-22-14(9-28(19)23(29)15(16)10-32-24(25)30)20-11(2)5-6-13-12(3)17(26)8-18(27-22)21(13)20/h7-8,11,31H,4-6,9-10H2,1-3H3/t11?,25-/m0/s1. The van der Waals surface area contributed by atoms with Gasteiger partial charge in [-0.1, -0.05) is 13.8 Å². The van der Waals surface area contributed by atoms with E-state index in [4.69, 9.17) is 9.72 Å². The first kappa shape index (κ1) is 19.6. The normalized spacial score (nSPS) is 23.0. The fraction of sp³-hybridized carbons (Fsp3) is 0.400. The predicted molar refractivity (Wildman–Crippen MR) is 116 cm³/mol. The molecule has 164 valence electrons. The molecule has 0 fully saturated rings. The molecule has 1 aliphatic carbocycles. The molecule has 1 unspecified atom stereocenters. The number of hydrogen-bond acceptors (Lipinski definition) is 5. The smallest absolute Gasteiger partial charge is 0.343 e. The van der Waals surface area contributed by atoms with Gasteiger partial charge in [0.25, 0.3) is 5.56 Å². The van der Waals surface area contributed by atoms with Crippen molar-refractivity contribution in [1.29, 1.82) is 0 Å². The molecular formula is C25H23FN2O4. The number of cyclic esters (lactones) is 1. The lowest BCUT2D eigenvalue weighted by Crippen LogP contribution is -2.44. The lowest BCUT2D eigenvalue weighted by atomic mass is 9.79. The molecule has 0 bridgehead atoms. The fourth-order valence-corrected chi connectivity index (χ4v) is 5.79. The number of hydrogen-bond donors (Lipinski definition) is 1. The summed E-state index contributed by atoms with van der Waals surface area (Å²) in [4.78, 5) is 30.6. The van der Waals surface area contributed by atoms with E-state index in [1.165, 1.54) is 6.07 Å². The van der Waals surface area contributed by atoms with Crippen LogP contribution in [0.1, 0.15) is 66.0 Å². The zero-order valence-electron chi connectivity index (χ0n) is 18.2. The van der Waals surface area contributed by atoms with Crippen molar-refractivity contribution in [3.63, 3.8) is 0 Å². The van der Waals surface area contributed by atoms with Crippen LogP contribution in [0.5, 0.6) is 0 Å². The average Bonchev–Trinajstić information content (AvgIpc) is 3.14. The number of esters is 1. The minimum absolute atomic E-state index is 0.0931. The van der Waals surface area contributed by atoms with Crippen LogP contribution in [0, 0.1) is 12.7 Å². The second-order valence-corrected chi connectivity index (χ2v) is 9.25. The van der Waals surface area contributed by atoms with Gasteiger partial charge in [0.1, 0.15) is 12.4 Å². The van der Waals surface area contributed by atoms with Gasteiger partial charge < -0.3 is 14.4 Å². The van der Waals surface area contributed by atoms with Crippen LogP contribution in [0.2, 0.25) is 0 Å². The number of halogens is 1. The Kier molecular flexibility index (Phi) is 3.83. The highest BCUT2D eigenvalue weighted by Crippen LogP contribution is 2.46. The van der Waals surface area contributed by atoms with E-state index >= 15 is 0 Å². The Bertz CT molecular complexity index is 1440. The summed E-state index contributed by atoms with van der Waals surface area (Å²) < 4.78 is 21.5. The summed E-state index contributed by atoms with van der Waals surface area (Å²) in [6, 6.07) is 3.19. The lowest BCUT2D eigenvalue weighted by molar-refractivity contribution is -0.172. The Morgan fingerprint density at radius 1 is 1.28 bits per heavy atom. The van der Waals surface area contributed by atoms with Crippen molar-refractivity contribution < 1.29 is 19.0 Å². The largest absolute Gasteiger partial charge is 0.458 e. The van der Waals surface area contributed by atoms with Crippen molar-refractivity contribution in [2.45, 2.75) is 64.7 Å². The molecule has 4 heterocycles. The van der Waals surface area contributed by atoms with E-state index in [-0.39, 0.29) is 30.3 Å². The maximum absolute atomic E-state index is 14.7.